The van der Waals surface area contributed by atoms with E-state index in [9.17, 15) is 9.59 Å². The number of nitrogens with zero attached hydrogens (tertiary/aromatic N) is 2. The van der Waals surface area contributed by atoms with Crippen molar-refractivity contribution in [2.45, 2.75) is 31.6 Å². The van der Waals surface area contributed by atoms with Crippen LogP contribution < -0.4 is 10.2 Å². The summed E-state index contributed by atoms with van der Waals surface area (Å²) >= 11 is 1.47. The monoisotopic (exact) mass is 327 g/mol. The summed E-state index contributed by atoms with van der Waals surface area (Å²) in [5.41, 5.74) is 2.52. The number of amides is 2. The summed E-state index contributed by atoms with van der Waals surface area (Å²) in [6.07, 6.45) is 3.91. The Morgan fingerprint density at radius 3 is 2.70 bits per heavy atom. The molecule has 1 saturated heterocycles. The third kappa shape index (κ3) is 2.99. The van der Waals surface area contributed by atoms with Crippen LogP contribution >= 0.6 is 11.3 Å². The molecule has 1 aromatic heterocycles. The van der Waals surface area contributed by atoms with Gasteiger partial charge in [-0.15, -0.1) is 11.3 Å². The highest BCUT2D eigenvalue weighted by Crippen LogP contribution is 2.40. The van der Waals surface area contributed by atoms with Gasteiger partial charge in [-0.25, -0.2) is 4.98 Å². The topological polar surface area (TPSA) is 62.3 Å². The van der Waals surface area contributed by atoms with Crippen LogP contribution in [0.4, 0.5) is 10.8 Å². The smallest absolute Gasteiger partial charge is 0.257 e. The maximum absolute atomic E-state index is 12.3. The van der Waals surface area contributed by atoms with E-state index >= 15 is 0 Å². The predicted molar refractivity (Wildman–Crippen MR) is 90.1 cm³/mol. The van der Waals surface area contributed by atoms with Gasteiger partial charge in [0.25, 0.3) is 5.91 Å². The van der Waals surface area contributed by atoms with Crippen LogP contribution in [-0.4, -0.2) is 23.3 Å². The molecule has 2 aliphatic rings. The van der Waals surface area contributed by atoms with Crippen molar-refractivity contribution in [3.05, 3.63) is 40.9 Å². The number of aromatic nitrogens is 1. The first kappa shape index (κ1) is 14.4. The average molecular weight is 327 g/mol. The van der Waals surface area contributed by atoms with Crippen LogP contribution in [0.2, 0.25) is 0 Å². The molecule has 118 valence electrons. The second-order valence-corrected chi connectivity index (χ2v) is 6.86. The molecule has 4 rings (SSSR count). The van der Waals surface area contributed by atoms with Gasteiger partial charge in [0.05, 0.1) is 5.69 Å². The van der Waals surface area contributed by atoms with Crippen molar-refractivity contribution in [2.24, 2.45) is 0 Å². The lowest BCUT2D eigenvalue weighted by Gasteiger charge is -2.15. The first-order valence-corrected chi connectivity index (χ1v) is 8.76. The summed E-state index contributed by atoms with van der Waals surface area (Å²) in [7, 11) is 0. The minimum absolute atomic E-state index is 0.151. The fraction of sp³-hybridized carbons (Fsp3) is 0.353. The molecule has 0 radical (unpaired) electrons. The van der Waals surface area contributed by atoms with Crippen LogP contribution in [0.25, 0.3) is 0 Å². The Bertz CT molecular complexity index is 749. The minimum atomic E-state index is -0.166. The van der Waals surface area contributed by atoms with Crippen LogP contribution in [0.15, 0.2) is 29.6 Å². The number of rotatable bonds is 4. The molecule has 23 heavy (non-hydrogen) atoms. The highest BCUT2D eigenvalue weighted by atomic mass is 32.1. The van der Waals surface area contributed by atoms with Gasteiger partial charge in [0.2, 0.25) is 5.91 Å². The Kier molecular flexibility index (Phi) is 3.61. The molecular formula is C17H17N3O2S. The molecule has 1 saturated carbocycles. The van der Waals surface area contributed by atoms with Crippen molar-refractivity contribution in [3.8, 4) is 0 Å². The van der Waals surface area contributed by atoms with Gasteiger partial charge in [0.15, 0.2) is 5.13 Å². The fourth-order valence-corrected chi connectivity index (χ4v) is 3.58. The first-order chi connectivity index (χ1) is 11.2. The van der Waals surface area contributed by atoms with E-state index in [1.807, 2.05) is 17.5 Å². The summed E-state index contributed by atoms with van der Waals surface area (Å²) in [6.45, 7) is 0.757. The summed E-state index contributed by atoms with van der Waals surface area (Å²) in [5, 5.41) is 5.52. The molecule has 2 fully saturated rings. The maximum atomic E-state index is 12.3. The number of carbonyl (C=O) groups is 2. The third-order valence-corrected chi connectivity index (χ3v) is 5.03. The molecular weight excluding hydrogens is 310 g/mol. The maximum Gasteiger partial charge on any atom is 0.257 e. The quantitative estimate of drug-likeness (QED) is 0.936. The third-order valence-electron chi connectivity index (χ3n) is 4.25. The Labute approximate surface area is 138 Å². The van der Waals surface area contributed by atoms with Crippen molar-refractivity contribution >= 4 is 34.0 Å². The lowest BCUT2D eigenvalue weighted by molar-refractivity contribution is -0.117. The van der Waals surface area contributed by atoms with E-state index in [1.54, 1.807) is 17.0 Å². The molecule has 0 atom stereocenters. The Morgan fingerprint density at radius 2 is 2.04 bits per heavy atom. The number of benzene rings is 1. The van der Waals surface area contributed by atoms with E-state index in [2.05, 4.69) is 10.3 Å². The molecule has 6 heteroatoms. The fourth-order valence-electron chi connectivity index (χ4n) is 2.79. The zero-order valence-corrected chi connectivity index (χ0v) is 13.4. The van der Waals surface area contributed by atoms with Gasteiger partial charge in [-0.1, -0.05) is 0 Å². The van der Waals surface area contributed by atoms with E-state index in [-0.39, 0.29) is 11.8 Å². The number of hydrogen-bond acceptors (Lipinski definition) is 4. The highest BCUT2D eigenvalue weighted by Gasteiger charge is 2.26. The molecule has 2 aromatic rings. The van der Waals surface area contributed by atoms with Gasteiger partial charge in [-0.2, -0.15) is 0 Å². The normalized spacial score (nSPS) is 17.6. The minimum Gasteiger partial charge on any atom is -0.312 e. The van der Waals surface area contributed by atoms with E-state index < -0.39 is 0 Å². The van der Waals surface area contributed by atoms with Crippen LogP contribution in [0.3, 0.4) is 0 Å². The van der Waals surface area contributed by atoms with Crippen LogP contribution in [0.1, 0.15) is 47.7 Å². The molecule has 0 bridgehead atoms. The number of thiazole rings is 1. The molecule has 5 nitrogen and oxygen atoms in total. The summed E-state index contributed by atoms with van der Waals surface area (Å²) in [5.74, 6) is 0.577. The number of carbonyl (C=O) groups excluding carboxylic acids is 2. The predicted octanol–water partition coefficient (Wildman–Crippen LogP) is 3.40. The van der Waals surface area contributed by atoms with E-state index in [1.165, 1.54) is 24.2 Å². The van der Waals surface area contributed by atoms with E-state index in [0.29, 0.717) is 23.0 Å². The molecule has 1 aromatic carbocycles. The Hall–Kier alpha value is -2.21. The lowest BCUT2D eigenvalue weighted by atomic mass is 10.2. The summed E-state index contributed by atoms with van der Waals surface area (Å²) in [4.78, 5) is 30.2. The van der Waals surface area contributed by atoms with Crippen molar-refractivity contribution in [2.75, 3.05) is 16.8 Å². The molecule has 1 N–H and O–H groups in total. The van der Waals surface area contributed by atoms with Gasteiger partial charge < -0.3 is 4.90 Å². The zero-order chi connectivity index (χ0) is 15.8. The number of anilines is 2. The Morgan fingerprint density at radius 1 is 1.26 bits per heavy atom. The molecule has 2 amide bonds. The second kappa shape index (κ2) is 5.77. The van der Waals surface area contributed by atoms with Gasteiger partial charge in [-0.3, -0.25) is 14.9 Å². The molecule has 1 aliphatic heterocycles. The summed E-state index contributed by atoms with van der Waals surface area (Å²) in [6, 6.07) is 7.17. The molecule has 1 aliphatic carbocycles. The van der Waals surface area contributed by atoms with Crippen molar-refractivity contribution < 1.29 is 9.59 Å². The van der Waals surface area contributed by atoms with E-state index in [0.717, 1.165) is 24.3 Å². The van der Waals surface area contributed by atoms with Gasteiger partial charge in [-0.05, 0) is 43.5 Å². The molecule has 0 spiro atoms. The SMILES string of the molecule is O=C(Nc1nc(C2CC2)cs1)c1ccc(N2CCCC2=O)cc1. The largest absolute Gasteiger partial charge is 0.312 e. The van der Waals surface area contributed by atoms with Crippen molar-refractivity contribution in [3.63, 3.8) is 0 Å². The van der Waals surface area contributed by atoms with Crippen molar-refractivity contribution in [1.82, 2.24) is 4.98 Å². The molecule has 0 unspecified atom stereocenters. The standard InChI is InChI=1S/C17H17N3O2S/c21-15-2-1-9-20(15)13-7-5-12(6-8-13)16(22)19-17-18-14(10-23-17)11-3-4-11/h5-8,10-11H,1-4,9H2,(H,18,19,22). The van der Waals surface area contributed by atoms with E-state index in [4.69, 9.17) is 0 Å². The van der Waals surface area contributed by atoms with Crippen LogP contribution in [-0.2, 0) is 4.79 Å². The van der Waals surface area contributed by atoms with Crippen LogP contribution in [0.5, 0.6) is 0 Å². The highest BCUT2D eigenvalue weighted by molar-refractivity contribution is 7.14. The lowest BCUT2D eigenvalue weighted by Crippen LogP contribution is -2.23. The van der Waals surface area contributed by atoms with Crippen molar-refractivity contribution in [1.29, 1.82) is 0 Å². The van der Waals surface area contributed by atoms with Crippen LogP contribution in [0, 0.1) is 0 Å². The zero-order valence-electron chi connectivity index (χ0n) is 12.6. The average Bonchev–Trinajstić information content (AvgIpc) is 3.16. The van der Waals surface area contributed by atoms with Gasteiger partial charge in [0.1, 0.15) is 0 Å². The molecule has 2 heterocycles. The van der Waals surface area contributed by atoms with Gasteiger partial charge >= 0.3 is 0 Å². The number of hydrogen-bond donors (Lipinski definition) is 1. The second-order valence-electron chi connectivity index (χ2n) is 6.00. The first-order valence-electron chi connectivity index (χ1n) is 7.88. The summed E-state index contributed by atoms with van der Waals surface area (Å²) < 4.78 is 0. The Balaban J connectivity index is 1.44. The van der Waals surface area contributed by atoms with Gasteiger partial charge in [0, 0.05) is 35.5 Å². The number of nitrogens with one attached hydrogen (secondary N) is 1.